The van der Waals surface area contributed by atoms with Crippen molar-refractivity contribution in [1.82, 2.24) is 4.98 Å². The number of nitrogens with one attached hydrogen (secondary N) is 1. The van der Waals surface area contributed by atoms with Gasteiger partial charge in [-0.25, -0.2) is 0 Å². The van der Waals surface area contributed by atoms with Crippen LogP contribution >= 0.6 is 27.5 Å². The molecule has 0 saturated carbocycles. The van der Waals surface area contributed by atoms with Gasteiger partial charge in [-0.1, -0.05) is 39.7 Å². The van der Waals surface area contributed by atoms with Gasteiger partial charge in [0, 0.05) is 20.6 Å². The number of fused-ring (bicyclic) bond motifs is 1. The number of anilines is 1. The minimum atomic E-state index is 0.714. The van der Waals surface area contributed by atoms with Crippen molar-refractivity contribution < 1.29 is 0 Å². The maximum Gasteiger partial charge on any atom is 0.0727 e. The number of aryl methyl sites for hydroxylation is 1. The van der Waals surface area contributed by atoms with Gasteiger partial charge in [-0.15, -0.1) is 0 Å². The number of hydrogen-bond donors (Lipinski definition) is 1. The first-order chi connectivity index (χ1) is 10.6. The van der Waals surface area contributed by atoms with Gasteiger partial charge in [0.25, 0.3) is 0 Å². The van der Waals surface area contributed by atoms with Crippen molar-refractivity contribution in [1.29, 1.82) is 0 Å². The van der Waals surface area contributed by atoms with Crippen LogP contribution in [0.25, 0.3) is 10.9 Å². The highest BCUT2D eigenvalue weighted by atomic mass is 79.9. The summed E-state index contributed by atoms with van der Waals surface area (Å²) in [6.45, 7) is 1.97. The maximum absolute atomic E-state index is 5.87. The monoisotopic (exact) mass is 373 g/mol. The molecule has 0 radical (unpaired) electrons. The normalized spacial score (nSPS) is 11.2. The summed E-state index contributed by atoms with van der Waals surface area (Å²) >= 11 is 9.36. The van der Waals surface area contributed by atoms with Crippen LogP contribution in [0.1, 0.15) is 11.3 Å². The molecule has 1 N–H and O–H groups in total. The zero-order chi connectivity index (χ0) is 15.5. The molecule has 110 valence electrons. The molecule has 5 heteroatoms. The summed E-state index contributed by atoms with van der Waals surface area (Å²) in [6.07, 6.45) is 1.76. The van der Waals surface area contributed by atoms with Crippen LogP contribution in [-0.2, 0) is 0 Å². The third kappa shape index (κ3) is 3.46. The summed E-state index contributed by atoms with van der Waals surface area (Å²) in [6, 6.07) is 15.5. The minimum Gasteiger partial charge on any atom is -0.278 e. The average Bonchev–Trinajstić information content (AvgIpc) is 2.50. The number of aromatic nitrogens is 1. The van der Waals surface area contributed by atoms with E-state index in [2.05, 4.69) is 31.4 Å². The smallest absolute Gasteiger partial charge is 0.0727 e. The van der Waals surface area contributed by atoms with E-state index < -0.39 is 0 Å². The van der Waals surface area contributed by atoms with Gasteiger partial charge in [-0.3, -0.25) is 10.4 Å². The third-order valence-electron chi connectivity index (χ3n) is 3.17. The Kier molecular flexibility index (Phi) is 4.41. The molecular formula is C17H13BrClN3. The van der Waals surface area contributed by atoms with Crippen LogP contribution in [0, 0.1) is 6.92 Å². The van der Waals surface area contributed by atoms with E-state index in [1.54, 1.807) is 6.21 Å². The van der Waals surface area contributed by atoms with E-state index in [0.29, 0.717) is 5.02 Å². The van der Waals surface area contributed by atoms with Crippen molar-refractivity contribution in [2.45, 2.75) is 6.92 Å². The minimum absolute atomic E-state index is 0.714. The molecule has 2 aromatic carbocycles. The largest absolute Gasteiger partial charge is 0.278 e. The molecule has 0 spiro atoms. The van der Waals surface area contributed by atoms with E-state index in [-0.39, 0.29) is 0 Å². The molecule has 3 aromatic rings. The third-order valence-corrected chi connectivity index (χ3v) is 3.91. The number of pyridine rings is 1. The SMILES string of the molecule is Cc1cc(NN=Cc2ccc(Cl)cc2)c2cc(Br)ccc2n1. The summed E-state index contributed by atoms with van der Waals surface area (Å²) in [5.41, 5.74) is 6.88. The van der Waals surface area contributed by atoms with E-state index >= 15 is 0 Å². The van der Waals surface area contributed by atoms with Crippen LogP contribution in [-0.4, -0.2) is 11.2 Å². The van der Waals surface area contributed by atoms with E-state index in [4.69, 9.17) is 11.6 Å². The number of rotatable bonds is 3. The molecule has 0 aliphatic carbocycles. The zero-order valence-corrected chi connectivity index (χ0v) is 14.2. The molecule has 1 aromatic heterocycles. The Morgan fingerprint density at radius 2 is 1.91 bits per heavy atom. The molecule has 0 unspecified atom stereocenters. The number of benzene rings is 2. The van der Waals surface area contributed by atoms with Crippen molar-refractivity contribution in [3.05, 3.63) is 69.3 Å². The van der Waals surface area contributed by atoms with Crippen LogP contribution in [0.4, 0.5) is 5.69 Å². The first kappa shape index (κ1) is 15.0. The van der Waals surface area contributed by atoms with Gasteiger partial charge in [-0.05, 0) is 48.9 Å². The van der Waals surface area contributed by atoms with Gasteiger partial charge in [0.15, 0.2) is 0 Å². The van der Waals surface area contributed by atoms with E-state index in [9.17, 15) is 0 Å². The fraction of sp³-hybridized carbons (Fsp3) is 0.0588. The van der Waals surface area contributed by atoms with Crippen molar-refractivity contribution in [2.24, 2.45) is 5.10 Å². The highest BCUT2D eigenvalue weighted by Gasteiger charge is 2.04. The molecule has 22 heavy (non-hydrogen) atoms. The zero-order valence-electron chi connectivity index (χ0n) is 11.8. The second kappa shape index (κ2) is 6.46. The molecular weight excluding hydrogens is 362 g/mol. The van der Waals surface area contributed by atoms with Gasteiger partial charge in [0.1, 0.15) is 0 Å². The van der Waals surface area contributed by atoms with Crippen LogP contribution in [0.15, 0.2) is 58.1 Å². The highest BCUT2D eigenvalue weighted by molar-refractivity contribution is 9.10. The van der Waals surface area contributed by atoms with Crippen LogP contribution < -0.4 is 5.43 Å². The van der Waals surface area contributed by atoms with Gasteiger partial charge in [0.2, 0.25) is 0 Å². The Hall–Kier alpha value is -1.91. The predicted molar refractivity (Wildman–Crippen MR) is 96.8 cm³/mol. The Balaban J connectivity index is 1.90. The molecule has 0 fully saturated rings. The maximum atomic E-state index is 5.87. The first-order valence-corrected chi connectivity index (χ1v) is 7.90. The second-order valence-electron chi connectivity index (χ2n) is 4.89. The molecule has 0 saturated heterocycles. The van der Waals surface area contributed by atoms with E-state index in [1.165, 1.54) is 0 Å². The molecule has 1 heterocycles. The predicted octanol–water partition coefficient (Wildman–Crippen LogP) is 5.41. The molecule has 0 bridgehead atoms. The molecule has 3 nitrogen and oxygen atoms in total. The van der Waals surface area contributed by atoms with Gasteiger partial charge >= 0.3 is 0 Å². The summed E-state index contributed by atoms with van der Waals surface area (Å²) in [5.74, 6) is 0. The average molecular weight is 375 g/mol. The Morgan fingerprint density at radius 1 is 1.14 bits per heavy atom. The van der Waals surface area contributed by atoms with Gasteiger partial charge in [0.05, 0.1) is 17.4 Å². The molecule has 0 amide bonds. The van der Waals surface area contributed by atoms with Gasteiger partial charge in [-0.2, -0.15) is 5.10 Å². The van der Waals surface area contributed by atoms with E-state index in [1.807, 2.05) is 55.5 Å². The van der Waals surface area contributed by atoms with Crippen molar-refractivity contribution in [2.75, 3.05) is 5.43 Å². The number of hydrogen-bond acceptors (Lipinski definition) is 3. The summed E-state index contributed by atoms with van der Waals surface area (Å²) in [4.78, 5) is 4.53. The molecule has 3 rings (SSSR count). The summed E-state index contributed by atoms with van der Waals surface area (Å²) in [5, 5.41) is 6.04. The highest BCUT2D eigenvalue weighted by Crippen LogP contribution is 2.26. The van der Waals surface area contributed by atoms with Crippen molar-refractivity contribution in [3.8, 4) is 0 Å². The fourth-order valence-electron chi connectivity index (χ4n) is 2.15. The number of hydrazone groups is 1. The van der Waals surface area contributed by atoms with Gasteiger partial charge < -0.3 is 0 Å². The number of nitrogens with zero attached hydrogens (tertiary/aromatic N) is 2. The van der Waals surface area contributed by atoms with Crippen LogP contribution in [0.2, 0.25) is 5.02 Å². The lowest BCUT2D eigenvalue weighted by molar-refractivity contribution is 1.24. The molecule has 0 aliphatic heterocycles. The van der Waals surface area contributed by atoms with Crippen molar-refractivity contribution in [3.63, 3.8) is 0 Å². The Bertz CT molecular complexity index is 844. The second-order valence-corrected chi connectivity index (χ2v) is 6.25. The standard InChI is InChI=1S/C17H13BrClN3/c1-11-8-17(15-9-13(18)4-7-16(15)21-11)22-20-10-12-2-5-14(19)6-3-12/h2-10H,1H3,(H,21,22). The van der Waals surface area contributed by atoms with Crippen LogP contribution in [0.3, 0.4) is 0 Å². The molecule has 0 aliphatic rings. The van der Waals surface area contributed by atoms with Crippen molar-refractivity contribution >= 4 is 50.3 Å². The van der Waals surface area contributed by atoms with Crippen LogP contribution in [0.5, 0.6) is 0 Å². The molecule has 0 atom stereocenters. The van der Waals surface area contributed by atoms with E-state index in [0.717, 1.165) is 32.3 Å². The Morgan fingerprint density at radius 3 is 2.68 bits per heavy atom. The summed E-state index contributed by atoms with van der Waals surface area (Å²) in [7, 11) is 0. The lowest BCUT2D eigenvalue weighted by atomic mass is 10.1. The Labute approximate surface area is 142 Å². The topological polar surface area (TPSA) is 37.3 Å². The first-order valence-electron chi connectivity index (χ1n) is 6.73. The quantitative estimate of drug-likeness (QED) is 0.492. The number of halogens is 2. The lowest BCUT2D eigenvalue weighted by Crippen LogP contribution is -1.94. The summed E-state index contributed by atoms with van der Waals surface area (Å²) < 4.78 is 1.01. The fourth-order valence-corrected chi connectivity index (χ4v) is 2.64. The lowest BCUT2D eigenvalue weighted by Gasteiger charge is -2.07.